The van der Waals surface area contributed by atoms with Crippen molar-refractivity contribution < 1.29 is 24.9 Å². The van der Waals surface area contributed by atoms with Gasteiger partial charge in [-0.05, 0) is 6.42 Å². The number of hydrogen-bond acceptors (Lipinski definition) is 5. The minimum absolute atomic E-state index is 0.125. The molecule has 0 fully saturated rings. The fourth-order valence-electron chi connectivity index (χ4n) is 1.70. The van der Waals surface area contributed by atoms with Crippen LogP contribution in [0.2, 0.25) is 8.87 Å². The van der Waals surface area contributed by atoms with Gasteiger partial charge in [-0.1, -0.05) is 19.8 Å². The van der Waals surface area contributed by atoms with E-state index in [9.17, 15) is 24.9 Å². The van der Waals surface area contributed by atoms with Crippen molar-refractivity contribution in [2.24, 2.45) is 0 Å². The molecule has 0 amide bonds. The Kier molecular flexibility index (Phi) is 17.0. The van der Waals surface area contributed by atoms with Gasteiger partial charge in [0.2, 0.25) is 0 Å². The van der Waals surface area contributed by atoms with E-state index in [1.54, 1.807) is 15.8 Å². The fraction of sp³-hybridized carbons (Fsp3) is 0.875. The summed E-state index contributed by atoms with van der Waals surface area (Å²) in [6, 6.07) is 0. The number of aliphatic carboxylic acids is 2. The molecule has 0 aromatic carbocycles. The van der Waals surface area contributed by atoms with Crippen molar-refractivity contribution >= 4 is 33.1 Å². The summed E-state index contributed by atoms with van der Waals surface area (Å²) >= 11 is 0.149. The van der Waals surface area contributed by atoms with Gasteiger partial charge < -0.3 is 24.9 Å². The molecule has 0 saturated carbocycles. The van der Waals surface area contributed by atoms with Crippen LogP contribution in [0.4, 0.5) is 0 Å². The van der Waals surface area contributed by atoms with E-state index in [1.807, 2.05) is 0 Å². The number of rotatable bonds is 12. The zero-order valence-corrected chi connectivity index (χ0v) is 17.0. The van der Waals surface area contributed by atoms with E-state index in [2.05, 4.69) is 13.8 Å². The molecule has 22 heavy (non-hydrogen) atoms. The summed E-state index contributed by atoms with van der Waals surface area (Å²) in [5.41, 5.74) is -2.28. The van der Waals surface area contributed by atoms with E-state index < -0.39 is 24.0 Å². The first kappa shape index (κ1) is 24.0. The number of carboxylic acid groups (broad SMARTS) is 2. The summed E-state index contributed by atoms with van der Waals surface area (Å²) in [7, 11) is 0. The van der Waals surface area contributed by atoms with Crippen LogP contribution < -0.4 is 10.2 Å². The van der Waals surface area contributed by atoms with Crippen LogP contribution in [0.3, 0.4) is 0 Å². The van der Waals surface area contributed by atoms with Gasteiger partial charge >= 0.3 is 69.5 Å². The van der Waals surface area contributed by atoms with E-state index in [1.165, 1.54) is 25.7 Å². The predicted molar refractivity (Wildman–Crippen MR) is 84.3 cm³/mol. The zero-order valence-electron chi connectivity index (χ0n) is 14.2. The van der Waals surface area contributed by atoms with Crippen LogP contribution in [-0.2, 0) is 9.59 Å². The van der Waals surface area contributed by atoms with Gasteiger partial charge in [-0.2, -0.15) is 0 Å². The predicted octanol–water partition coefficient (Wildman–Crippen LogP) is 0.925. The molecular weight excluding hydrogens is 391 g/mol. The summed E-state index contributed by atoms with van der Waals surface area (Å²) in [6.45, 7) is 6.38. The van der Waals surface area contributed by atoms with Gasteiger partial charge in [0.05, 0.1) is 5.97 Å². The number of hydrogen-bond donors (Lipinski definition) is 1. The summed E-state index contributed by atoms with van der Waals surface area (Å²) in [5.74, 6) is -3.35. The van der Waals surface area contributed by atoms with E-state index in [-0.39, 0.29) is 27.6 Å². The van der Waals surface area contributed by atoms with Crippen molar-refractivity contribution in [3.63, 3.8) is 0 Å². The van der Waals surface area contributed by atoms with Crippen molar-refractivity contribution in [2.45, 2.75) is 86.6 Å². The maximum absolute atomic E-state index is 10.4. The Morgan fingerprint density at radius 2 is 1.41 bits per heavy atom. The molecule has 1 unspecified atom stereocenters. The molecule has 0 aliphatic heterocycles. The Hall–Kier alpha value is -0.301. The standard InChI is InChI=1S/C8H14O5.2C4H9.Sn/c1-2-3-4-8(13,7(11)12)5-6(9)10;2*1-3-4-2;/h13H,2-5H2,1H3,(H,9,10)(H,11,12);2*1,3-4H2,2H3;/q;;;+2/p-2. The molecule has 5 nitrogen and oxygen atoms in total. The van der Waals surface area contributed by atoms with Crippen LogP contribution in [0.25, 0.3) is 0 Å². The molecule has 0 aliphatic rings. The first-order chi connectivity index (χ1) is 10.3. The minimum atomic E-state index is -2.28. The van der Waals surface area contributed by atoms with Crippen LogP contribution in [0.5, 0.6) is 0 Å². The van der Waals surface area contributed by atoms with Crippen LogP contribution >= 0.6 is 0 Å². The van der Waals surface area contributed by atoms with E-state index in [0.29, 0.717) is 12.8 Å². The molecule has 0 bridgehead atoms. The van der Waals surface area contributed by atoms with Gasteiger partial charge in [0, 0.05) is 12.4 Å². The Morgan fingerprint density at radius 3 is 1.73 bits per heavy atom. The molecule has 0 aliphatic carbocycles. The number of aliphatic hydroxyl groups is 1. The normalized spacial score (nSPS) is 12.5. The van der Waals surface area contributed by atoms with Crippen LogP contribution in [0.15, 0.2) is 0 Å². The number of carbonyl (C=O) groups is 2. The van der Waals surface area contributed by atoms with Crippen molar-refractivity contribution in [1.29, 1.82) is 0 Å². The summed E-state index contributed by atoms with van der Waals surface area (Å²) in [6.07, 6.45) is 5.89. The number of carbonyl (C=O) groups excluding carboxylic acids is 2. The van der Waals surface area contributed by atoms with Gasteiger partial charge in [0.1, 0.15) is 5.60 Å². The number of unbranched alkanes of at least 4 members (excludes halogenated alkanes) is 3. The van der Waals surface area contributed by atoms with Crippen molar-refractivity contribution in [2.75, 3.05) is 0 Å². The Bertz CT molecular complexity index is 290. The first-order valence-electron chi connectivity index (χ1n) is 8.18. The third-order valence-electron chi connectivity index (χ3n) is 3.17. The molecule has 0 aromatic rings. The summed E-state index contributed by atoms with van der Waals surface area (Å²) < 4.78 is 3.25. The first-order valence-corrected chi connectivity index (χ1v) is 12.2. The summed E-state index contributed by atoms with van der Waals surface area (Å²) in [4.78, 5) is 20.5. The van der Waals surface area contributed by atoms with Gasteiger partial charge in [-0.25, -0.2) is 0 Å². The van der Waals surface area contributed by atoms with Gasteiger partial charge in [-0.3, -0.25) is 0 Å². The SMILES string of the molecule is CCCCC(O)(CC(=O)[O-])C(=O)[O-].CCC[CH2][Sn+2][CH2]CCC. The molecule has 0 heterocycles. The van der Waals surface area contributed by atoms with Crippen molar-refractivity contribution in [1.82, 2.24) is 0 Å². The molecule has 0 saturated heterocycles. The fourth-order valence-corrected chi connectivity index (χ4v) is 5.86. The molecule has 6 heteroatoms. The van der Waals surface area contributed by atoms with Gasteiger partial charge in [-0.15, -0.1) is 0 Å². The Morgan fingerprint density at radius 1 is 0.955 bits per heavy atom. The van der Waals surface area contributed by atoms with Crippen LogP contribution in [-0.4, -0.2) is 43.8 Å². The second-order valence-corrected chi connectivity index (χ2v) is 9.71. The molecule has 0 spiro atoms. The van der Waals surface area contributed by atoms with Crippen molar-refractivity contribution in [3.8, 4) is 0 Å². The van der Waals surface area contributed by atoms with E-state index in [4.69, 9.17) is 0 Å². The average Bonchev–Trinajstić information content (AvgIpc) is 2.45. The quantitative estimate of drug-likeness (QED) is 0.373. The van der Waals surface area contributed by atoms with Crippen LogP contribution in [0.1, 0.15) is 72.1 Å². The van der Waals surface area contributed by atoms with Crippen molar-refractivity contribution in [3.05, 3.63) is 0 Å². The molecule has 1 N–H and O–H groups in total. The number of carboxylic acids is 2. The van der Waals surface area contributed by atoms with Crippen LogP contribution in [0, 0.1) is 0 Å². The van der Waals surface area contributed by atoms with Gasteiger partial charge in [0.25, 0.3) is 0 Å². The molecule has 0 radical (unpaired) electrons. The molecule has 1 atom stereocenters. The molecule has 128 valence electrons. The Balaban J connectivity index is 0. The maximum atomic E-state index is 10.4. The molecule has 0 rings (SSSR count). The third-order valence-corrected chi connectivity index (χ3v) is 7.21. The average molecular weight is 421 g/mol. The van der Waals surface area contributed by atoms with E-state index in [0.717, 1.165) is 0 Å². The van der Waals surface area contributed by atoms with Gasteiger partial charge in [0.15, 0.2) is 0 Å². The molecular formula is C16H30O5Sn. The zero-order chi connectivity index (χ0) is 17.4. The third kappa shape index (κ3) is 14.6. The summed E-state index contributed by atoms with van der Waals surface area (Å²) in [5, 5.41) is 29.8. The second kappa shape index (κ2) is 15.6. The Labute approximate surface area is 144 Å². The monoisotopic (exact) mass is 422 g/mol. The topological polar surface area (TPSA) is 100 Å². The second-order valence-electron chi connectivity index (χ2n) is 5.43. The molecule has 0 aromatic heterocycles. The van der Waals surface area contributed by atoms with E-state index >= 15 is 0 Å².